The van der Waals surface area contributed by atoms with E-state index in [1.165, 1.54) is 17.7 Å². The van der Waals surface area contributed by atoms with Gasteiger partial charge in [-0.2, -0.15) is 0 Å². The second-order valence-electron chi connectivity index (χ2n) is 9.34. The molecule has 0 aliphatic heterocycles. The van der Waals surface area contributed by atoms with Gasteiger partial charge in [-0.15, -0.1) is 6.42 Å². The van der Waals surface area contributed by atoms with Gasteiger partial charge >= 0.3 is 18.0 Å². The number of hydrogen-bond acceptors (Lipinski definition) is 9. The van der Waals surface area contributed by atoms with E-state index in [4.69, 9.17) is 30.1 Å². The zero-order valence-electron chi connectivity index (χ0n) is 20.8. The molecule has 0 N–H and O–H groups in total. The Labute approximate surface area is 198 Å². The Morgan fingerprint density at radius 1 is 0.971 bits per heavy atom. The van der Waals surface area contributed by atoms with E-state index >= 15 is 0 Å². The van der Waals surface area contributed by atoms with Crippen molar-refractivity contribution < 1.29 is 33.3 Å². The maximum absolute atomic E-state index is 12.9. The van der Waals surface area contributed by atoms with Crippen LogP contribution in [0.25, 0.3) is 0 Å². The van der Waals surface area contributed by atoms with E-state index in [0.717, 1.165) is 4.57 Å². The van der Waals surface area contributed by atoms with Gasteiger partial charge in [0.15, 0.2) is 0 Å². The van der Waals surface area contributed by atoms with Crippen molar-refractivity contribution >= 4 is 12.3 Å². The molecule has 0 saturated heterocycles. The largest absolute Gasteiger partial charge is 0.508 e. The van der Waals surface area contributed by atoms with Crippen molar-refractivity contribution in [1.82, 2.24) is 9.13 Å². The van der Waals surface area contributed by atoms with Crippen molar-refractivity contribution in [2.45, 2.75) is 78.9 Å². The van der Waals surface area contributed by atoms with E-state index in [2.05, 4.69) is 5.92 Å². The standard InChI is InChI=1S/C23H34N2O9/c1-9-11-24-18(26)16(2)15-25(19(24)27)17(10-12-31-20(28)33-22(3,4)5)30-13-14-32-21(29)34-23(6,7)8/h1,15,17H,10-14H2,2-8H3. The van der Waals surface area contributed by atoms with Gasteiger partial charge < -0.3 is 23.7 Å². The number of ether oxygens (including phenoxy) is 5. The summed E-state index contributed by atoms with van der Waals surface area (Å²) in [6.07, 6.45) is 3.97. The lowest BCUT2D eigenvalue weighted by Crippen LogP contribution is -2.42. The Morgan fingerprint density at radius 2 is 1.50 bits per heavy atom. The molecule has 1 aromatic heterocycles. The van der Waals surface area contributed by atoms with Crippen LogP contribution < -0.4 is 11.2 Å². The molecule has 0 saturated carbocycles. The number of terminal acetylenes is 1. The third kappa shape index (κ3) is 10.1. The molecular formula is C23H34N2O9. The van der Waals surface area contributed by atoms with Gasteiger partial charge in [-0.25, -0.2) is 19.0 Å². The summed E-state index contributed by atoms with van der Waals surface area (Å²) in [5.41, 5.74) is -2.39. The Morgan fingerprint density at radius 3 is 2.00 bits per heavy atom. The highest BCUT2D eigenvalue weighted by atomic mass is 16.7. The summed E-state index contributed by atoms with van der Waals surface area (Å²) in [4.78, 5) is 48.7. The van der Waals surface area contributed by atoms with Crippen molar-refractivity contribution in [1.29, 1.82) is 0 Å². The minimum absolute atomic E-state index is 0.0410. The van der Waals surface area contributed by atoms with E-state index in [0.29, 0.717) is 0 Å². The second kappa shape index (κ2) is 12.3. The zero-order chi connectivity index (χ0) is 26.1. The number of aryl methyl sites for hydroxylation is 1. The average Bonchev–Trinajstić information content (AvgIpc) is 2.67. The first-order valence-electron chi connectivity index (χ1n) is 10.7. The van der Waals surface area contributed by atoms with E-state index in [1.54, 1.807) is 41.5 Å². The number of hydrogen-bond donors (Lipinski definition) is 0. The SMILES string of the molecule is C#CCn1c(=O)c(C)cn(C(CCOC(=O)OC(C)(C)C)OCCOC(=O)OC(C)(C)C)c1=O. The fourth-order valence-electron chi connectivity index (χ4n) is 2.61. The molecule has 1 atom stereocenters. The molecule has 0 bridgehead atoms. The first-order chi connectivity index (χ1) is 15.6. The van der Waals surface area contributed by atoms with E-state index in [1.807, 2.05) is 0 Å². The fourth-order valence-corrected chi connectivity index (χ4v) is 2.61. The molecule has 0 aliphatic rings. The lowest BCUT2D eigenvalue weighted by molar-refractivity contribution is -0.0592. The van der Waals surface area contributed by atoms with Crippen LogP contribution in [0, 0.1) is 19.3 Å². The van der Waals surface area contributed by atoms with Crippen LogP contribution in [0.3, 0.4) is 0 Å². The maximum atomic E-state index is 12.9. The molecular weight excluding hydrogens is 448 g/mol. The van der Waals surface area contributed by atoms with Crippen LogP contribution in [-0.2, 0) is 30.2 Å². The van der Waals surface area contributed by atoms with E-state index in [-0.39, 0.29) is 38.3 Å². The summed E-state index contributed by atoms with van der Waals surface area (Å²) in [5, 5.41) is 0. The Kier molecular flexibility index (Phi) is 10.4. The molecule has 0 radical (unpaired) electrons. The predicted molar refractivity (Wildman–Crippen MR) is 123 cm³/mol. The van der Waals surface area contributed by atoms with Crippen LogP contribution in [0.4, 0.5) is 9.59 Å². The zero-order valence-corrected chi connectivity index (χ0v) is 20.8. The average molecular weight is 483 g/mol. The minimum Gasteiger partial charge on any atom is -0.434 e. The van der Waals surface area contributed by atoms with E-state index in [9.17, 15) is 19.2 Å². The molecule has 11 nitrogen and oxygen atoms in total. The van der Waals surface area contributed by atoms with Gasteiger partial charge in [0.1, 0.15) is 24.0 Å². The molecule has 11 heteroatoms. The van der Waals surface area contributed by atoms with Crippen LogP contribution in [-0.4, -0.2) is 52.5 Å². The molecule has 1 rings (SSSR count). The summed E-state index contributed by atoms with van der Waals surface area (Å²) in [7, 11) is 0. The number of rotatable bonds is 9. The third-order valence-electron chi connectivity index (χ3n) is 3.90. The molecule has 34 heavy (non-hydrogen) atoms. The summed E-state index contributed by atoms with van der Waals surface area (Å²) < 4.78 is 28.0. The Hall–Kier alpha value is -3.26. The molecule has 1 unspecified atom stereocenters. The van der Waals surface area contributed by atoms with Crippen LogP contribution >= 0.6 is 0 Å². The highest BCUT2D eigenvalue weighted by molar-refractivity contribution is 5.60. The smallest absolute Gasteiger partial charge is 0.434 e. The first kappa shape index (κ1) is 28.8. The van der Waals surface area contributed by atoms with Crippen molar-refractivity contribution in [3.8, 4) is 12.3 Å². The second-order valence-corrected chi connectivity index (χ2v) is 9.34. The molecule has 1 heterocycles. The molecule has 0 amide bonds. The highest BCUT2D eigenvalue weighted by Gasteiger charge is 2.21. The van der Waals surface area contributed by atoms with Gasteiger partial charge in [0.25, 0.3) is 5.56 Å². The normalized spacial score (nSPS) is 12.4. The molecule has 1 aromatic rings. The summed E-state index contributed by atoms with van der Waals surface area (Å²) in [5.74, 6) is 2.27. The molecule has 0 spiro atoms. The quantitative estimate of drug-likeness (QED) is 0.297. The molecule has 0 aromatic carbocycles. The van der Waals surface area contributed by atoms with Gasteiger partial charge in [0.05, 0.1) is 19.8 Å². The van der Waals surface area contributed by atoms with E-state index < -0.39 is 41.0 Å². The first-order valence-corrected chi connectivity index (χ1v) is 10.7. The predicted octanol–water partition coefficient (Wildman–Crippen LogP) is 2.76. The van der Waals surface area contributed by atoms with Crippen LogP contribution in [0.15, 0.2) is 15.8 Å². The molecule has 190 valence electrons. The topological polar surface area (TPSA) is 124 Å². The summed E-state index contributed by atoms with van der Waals surface area (Å²) >= 11 is 0. The highest BCUT2D eigenvalue weighted by Crippen LogP contribution is 2.14. The molecule has 0 aliphatic carbocycles. The number of carbonyl (C=O) groups excluding carboxylic acids is 2. The van der Waals surface area contributed by atoms with Crippen LogP contribution in [0.2, 0.25) is 0 Å². The fraction of sp³-hybridized carbons (Fsp3) is 0.652. The van der Waals surface area contributed by atoms with Gasteiger partial charge in [-0.05, 0) is 48.5 Å². The molecule has 0 fully saturated rings. The Bertz CT molecular complexity index is 1000. The number of aromatic nitrogens is 2. The van der Waals surface area contributed by atoms with Crippen molar-refractivity contribution in [3.63, 3.8) is 0 Å². The van der Waals surface area contributed by atoms with Crippen molar-refractivity contribution in [3.05, 3.63) is 32.6 Å². The monoisotopic (exact) mass is 482 g/mol. The van der Waals surface area contributed by atoms with Crippen molar-refractivity contribution in [2.75, 3.05) is 19.8 Å². The summed E-state index contributed by atoms with van der Waals surface area (Å²) in [6, 6.07) is 0. The summed E-state index contributed by atoms with van der Waals surface area (Å²) in [6.45, 7) is 11.1. The number of nitrogens with zero attached hydrogens (tertiary/aromatic N) is 2. The lowest BCUT2D eigenvalue weighted by Gasteiger charge is -2.23. The Balaban J connectivity index is 2.98. The van der Waals surface area contributed by atoms with Gasteiger partial charge in [0.2, 0.25) is 0 Å². The van der Waals surface area contributed by atoms with Gasteiger partial charge in [0, 0.05) is 18.2 Å². The third-order valence-corrected chi connectivity index (χ3v) is 3.90. The van der Waals surface area contributed by atoms with Crippen LogP contribution in [0.1, 0.15) is 59.8 Å². The van der Waals surface area contributed by atoms with Crippen LogP contribution in [0.5, 0.6) is 0 Å². The van der Waals surface area contributed by atoms with Gasteiger partial charge in [-0.3, -0.25) is 9.36 Å². The lowest BCUT2D eigenvalue weighted by atomic mass is 10.2. The number of carbonyl (C=O) groups is 2. The van der Waals surface area contributed by atoms with Crippen molar-refractivity contribution in [2.24, 2.45) is 0 Å². The minimum atomic E-state index is -0.958. The van der Waals surface area contributed by atoms with Gasteiger partial charge in [-0.1, -0.05) is 5.92 Å². The maximum Gasteiger partial charge on any atom is 0.508 e.